The fraction of sp³-hybridized carbons (Fsp3) is 0.533. The standard InChI is InChI=1S/C15H22O2S/c1-12-7-4-5-8-13(12)11-18-10-6-9-15(2,3)14(16)17/h4-5,7-8H,6,9-11H2,1-3H3,(H,16,17). The number of carboxylic acids is 1. The van der Waals surface area contributed by atoms with Gasteiger partial charge in [-0.05, 0) is 50.5 Å². The van der Waals surface area contributed by atoms with Gasteiger partial charge >= 0.3 is 5.97 Å². The Kier molecular flexibility index (Phi) is 5.73. The number of hydrogen-bond acceptors (Lipinski definition) is 2. The summed E-state index contributed by atoms with van der Waals surface area (Å²) in [4.78, 5) is 10.9. The summed E-state index contributed by atoms with van der Waals surface area (Å²) in [6.07, 6.45) is 1.69. The van der Waals surface area contributed by atoms with E-state index in [9.17, 15) is 4.79 Å². The van der Waals surface area contributed by atoms with Gasteiger partial charge < -0.3 is 5.11 Å². The van der Waals surface area contributed by atoms with Gasteiger partial charge in [-0.2, -0.15) is 11.8 Å². The van der Waals surface area contributed by atoms with Crippen LogP contribution in [-0.4, -0.2) is 16.8 Å². The Morgan fingerprint density at radius 3 is 2.61 bits per heavy atom. The number of carbonyl (C=O) groups is 1. The van der Waals surface area contributed by atoms with Crippen molar-refractivity contribution in [2.45, 2.75) is 39.4 Å². The molecule has 0 aliphatic rings. The predicted octanol–water partition coefficient (Wildman–Crippen LogP) is 4.12. The summed E-state index contributed by atoms with van der Waals surface area (Å²) in [6, 6.07) is 8.41. The SMILES string of the molecule is Cc1ccccc1CSCCCC(C)(C)C(=O)O. The predicted molar refractivity (Wildman–Crippen MR) is 78.0 cm³/mol. The lowest BCUT2D eigenvalue weighted by Gasteiger charge is -2.18. The van der Waals surface area contributed by atoms with E-state index >= 15 is 0 Å². The zero-order valence-electron chi connectivity index (χ0n) is 11.4. The molecule has 0 atom stereocenters. The number of hydrogen-bond donors (Lipinski definition) is 1. The van der Waals surface area contributed by atoms with Crippen LogP contribution < -0.4 is 0 Å². The lowest BCUT2D eigenvalue weighted by atomic mass is 9.88. The zero-order chi connectivity index (χ0) is 13.6. The molecule has 0 aliphatic heterocycles. The fourth-order valence-electron chi connectivity index (χ4n) is 1.68. The molecule has 3 heteroatoms. The van der Waals surface area contributed by atoms with Crippen molar-refractivity contribution in [3.8, 4) is 0 Å². The lowest BCUT2D eigenvalue weighted by molar-refractivity contribution is -0.147. The Bertz CT molecular complexity index is 399. The molecule has 2 nitrogen and oxygen atoms in total. The van der Waals surface area contributed by atoms with E-state index in [2.05, 4.69) is 31.2 Å². The summed E-state index contributed by atoms with van der Waals surface area (Å²) in [5.41, 5.74) is 2.11. The van der Waals surface area contributed by atoms with Gasteiger partial charge in [-0.25, -0.2) is 0 Å². The van der Waals surface area contributed by atoms with E-state index in [0.29, 0.717) is 0 Å². The van der Waals surface area contributed by atoms with Crippen LogP contribution in [-0.2, 0) is 10.5 Å². The minimum absolute atomic E-state index is 0.594. The molecule has 0 amide bonds. The minimum atomic E-state index is -0.702. The van der Waals surface area contributed by atoms with Crippen LogP contribution in [0.2, 0.25) is 0 Å². The Hall–Kier alpha value is -0.960. The largest absolute Gasteiger partial charge is 0.481 e. The second kappa shape index (κ2) is 6.83. The molecule has 0 aromatic heterocycles. The molecule has 0 saturated heterocycles. The number of rotatable bonds is 7. The third kappa shape index (κ3) is 4.73. The van der Waals surface area contributed by atoms with Gasteiger partial charge in [-0.3, -0.25) is 4.79 Å². The number of aliphatic carboxylic acids is 1. The van der Waals surface area contributed by atoms with Crippen molar-refractivity contribution in [2.24, 2.45) is 5.41 Å². The van der Waals surface area contributed by atoms with Gasteiger partial charge in [0.05, 0.1) is 5.41 Å². The van der Waals surface area contributed by atoms with Crippen LogP contribution >= 0.6 is 11.8 Å². The summed E-state index contributed by atoms with van der Waals surface area (Å²) in [5.74, 6) is 1.33. The molecular formula is C15H22O2S. The Labute approximate surface area is 114 Å². The number of thioether (sulfide) groups is 1. The molecular weight excluding hydrogens is 244 g/mol. The molecule has 1 aromatic rings. The molecule has 0 unspecified atom stereocenters. The van der Waals surface area contributed by atoms with Gasteiger partial charge in [0.1, 0.15) is 0 Å². The van der Waals surface area contributed by atoms with E-state index in [4.69, 9.17) is 5.11 Å². The molecule has 0 aliphatic carbocycles. The maximum Gasteiger partial charge on any atom is 0.309 e. The normalized spacial score (nSPS) is 11.5. The van der Waals surface area contributed by atoms with Crippen LogP contribution in [0.4, 0.5) is 0 Å². The molecule has 1 aromatic carbocycles. The van der Waals surface area contributed by atoms with Gasteiger partial charge in [0.2, 0.25) is 0 Å². The maximum absolute atomic E-state index is 10.9. The number of benzene rings is 1. The molecule has 0 spiro atoms. The average molecular weight is 266 g/mol. The molecule has 1 N–H and O–H groups in total. The molecule has 0 heterocycles. The summed E-state index contributed by atoms with van der Waals surface area (Å²) in [5, 5.41) is 9.01. The van der Waals surface area contributed by atoms with Crippen molar-refractivity contribution in [3.63, 3.8) is 0 Å². The molecule has 0 bridgehead atoms. The molecule has 18 heavy (non-hydrogen) atoms. The van der Waals surface area contributed by atoms with Crippen molar-refractivity contribution >= 4 is 17.7 Å². The van der Waals surface area contributed by atoms with Crippen LogP contribution in [0.25, 0.3) is 0 Å². The fourth-order valence-corrected chi connectivity index (χ4v) is 2.71. The lowest BCUT2D eigenvalue weighted by Crippen LogP contribution is -2.23. The van der Waals surface area contributed by atoms with E-state index in [0.717, 1.165) is 24.3 Å². The Morgan fingerprint density at radius 2 is 2.00 bits per heavy atom. The van der Waals surface area contributed by atoms with E-state index in [1.54, 1.807) is 13.8 Å². The highest BCUT2D eigenvalue weighted by atomic mass is 32.2. The van der Waals surface area contributed by atoms with Crippen LogP contribution in [0.3, 0.4) is 0 Å². The first-order chi connectivity index (χ1) is 8.43. The van der Waals surface area contributed by atoms with Crippen molar-refractivity contribution in [1.82, 2.24) is 0 Å². The van der Waals surface area contributed by atoms with Gasteiger partial charge in [-0.15, -0.1) is 0 Å². The zero-order valence-corrected chi connectivity index (χ0v) is 12.2. The van der Waals surface area contributed by atoms with Gasteiger partial charge in [0.25, 0.3) is 0 Å². The van der Waals surface area contributed by atoms with Gasteiger partial charge in [0, 0.05) is 5.75 Å². The van der Waals surface area contributed by atoms with Crippen molar-refractivity contribution in [1.29, 1.82) is 0 Å². The van der Waals surface area contributed by atoms with Crippen LogP contribution in [0.1, 0.15) is 37.8 Å². The molecule has 0 radical (unpaired) electrons. The van der Waals surface area contributed by atoms with Crippen molar-refractivity contribution in [2.75, 3.05) is 5.75 Å². The van der Waals surface area contributed by atoms with Crippen LogP contribution in [0.15, 0.2) is 24.3 Å². The van der Waals surface area contributed by atoms with Crippen molar-refractivity contribution < 1.29 is 9.90 Å². The van der Waals surface area contributed by atoms with E-state index in [-0.39, 0.29) is 0 Å². The smallest absolute Gasteiger partial charge is 0.309 e. The summed E-state index contributed by atoms with van der Waals surface area (Å²) >= 11 is 1.88. The monoisotopic (exact) mass is 266 g/mol. The first-order valence-electron chi connectivity index (χ1n) is 6.29. The van der Waals surface area contributed by atoms with E-state index < -0.39 is 11.4 Å². The Balaban J connectivity index is 2.24. The third-order valence-electron chi connectivity index (χ3n) is 3.19. The average Bonchev–Trinajstić information content (AvgIpc) is 2.30. The van der Waals surface area contributed by atoms with Crippen molar-refractivity contribution in [3.05, 3.63) is 35.4 Å². The summed E-state index contributed by atoms with van der Waals surface area (Å²) < 4.78 is 0. The highest BCUT2D eigenvalue weighted by Crippen LogP contribution is 2.24. The summed E-state index contributed by atoms with van der Waals surface area (Å²) in [6.45, 7) is 5.71. The van der Waals surface area contributed by atoms with E-state index in [1.165, 1.54) is 11.1 Å². The second-order valence-corrected chi connectivity index (χ2v) is 6.38. The number of carboxylic acid groups (broad SMARTS) is 1. The first kappa shape index (κ1) is 15.1. The third-order valence-corrected chi connectivity index (χ3v) is 4.28. The topological polar surface area (TPSA) is 37.3 Å². The molecule has 1 rings (SSSR count). The van der Waals surface area contributed by atoms with Gasteiger partial charge in [-0.1, -0.05) is 24.3 Å². The number of aryl methyl sites for hydroxylation is 1. The highest BCUT2D eigenvalue weighted by molar-refractivity contribution is 7.98. The molecule has 100 valence electrons. The van der Waals surface area contributed by atoms with Crippen LogP contribution in [0, 0.1) is 12.3 Å². The second-order valence-electron chi connectivity index (χ2n) is 5.27. The van der Waals surface area contributed by atoms with E-state index in [1.807, 2.05) is 11.8 Å². The van der Waals surface area contributed by atoms with Gasteiger partial charge in [0.15, 0.2) is 0 Å². The highest BCUT2D eigenvalue weighted by Gasteiger charge is 2.25. The maximum atomic E-state index is 10.9. The quantitative estimate of drug-likeness (QED) is 0.754. The minimum Gasteiger partial charge on any atom is -0.481 e. The Morgan fingerprint density at radius 1 is 1.33 bits per heavy atom. The molecule has 0 fully saturated rings. The first-order valence-corrected chi connectivity index (χ1v) is 7.44. The molecule has 0 saturated carbocycles. The summed E-state index contributed by atoms with van der Waals surface area (Å²) in [7, 11) is 0. The van der Waals surface area contributed by atoms with Crippen LogP contribution in [0.5, 0.6) is 0 Å².